The van der Waals surface area contributed by atoms with Gasteiger partial charge in [-0.2, -0.15) is 23.3 Å². The molecule has 230 valence electrons. The topological polar surface area (TPSA) is 80.1 Å². The second-order valence-corrected chi connectivity index (χ2v) is 10.6. The fraction of sp³-hybridized carbons (Fsp3) is 0.312. The van der Waals surface area contributed by atoms with Crippen LogP contribution in [0.2, 0.25) is 0 Å². The molecule has 0 saturated carbocycles. The van der Waals surface area contributed by atoms with Crippen LogP contribution in [0.25, 0.3) is 11.1 Å². The van der Waals surface area contributed by atoms with Gasteiger partial charge in [-0.05, 0) is 53.3 Å². The fourth-order valence-corrected chi connectivity index (χ4v) is 4.99. The van der Waals surface area contributed by atoms with E-state index in [2.05, 4.69) is 15.4 Å². The number of rotatable bonds is 10. The van der Waals surface area contributed by atoms with Gasteiger partial charge in [-0.1, -0.05) is 55.5 Å². The van der Waals surface area contributed by atoms with Crippen LogP contribution in [0.15, 0.2) is 71.5 Å². The molecule has 1 aromatic heterocycles. The van der Waals surface area contributed by atoms with Crippen molar-refractivity contribution in [3.8, 4) is 11.1 Å². The number of nitrogens with one attached hydrogen (secondary N) is 1. The average Bonchev–Trinajstić information content (AvgIpc) is 2.97. The van der Waals surface area contributed by atoms with Crippen molar-refractivity contribution in [2.24, 2.45) is 0 Å². The molecule has 1 aliphatic rings. The molecule has 2 heterocycles. The van der Waals surface area contributed by atoms with Crippen LogP contribution in [0.5, 0.6) is 0 Å². The van der Waals surface area contributed by atoms with Gasteiger partial charge in [-0.25, -0.2) is 13.5 Å². The Hall–Kier alpha value is -4.45. The zero-order valence-electron chi connectivity index (χ0n) is 23.9. The molecule has 1 saturated heterocycles. The first-order valence-electron chi connectivity index (χ1n) is 14.2. The molecule has 0 bridgehead atoms. The maximum absolute atomic E-state index is 14.3. The third kappa shape index (κ3) is 7.02. The van der Waals surface area contributed by atoms with Gasteiger partial charge in [-0.3, -0.25) is 9.59 Å². The van der Waals surface area contributed by atoms with Crippen molar-refractivity contribution in [1.29, 1.82) is 0 Å². The van der Waals surface area contributed by atoms with Crippen molar-refractivity contribution < 1.29 is 26.7 Å². The Morgan fingerprint density at radius 3 is 2.23 bits per heavy atom. The second-order valence-electron chi connectivity index (χ2n) is 10.6. The SMILES string of the molecule is CCc1nn(CC(=O)N(Cc2ccc(-c3ccc(C(F)(F)F)cc3)cc2)C2CNC2)c(CCc2cccc(F)c2F)nc1=O. The van der Waals surface area contributed by atoms with E-state index in [0.717, 1.165) is 29.3 Å². The van der Waals surface area contributed by atoms with Crippen LogP contribution in [0.1, 0.15) is 35.1 Å². The van der Waals surface area contributed by atoms with E-state index in [4.69, 9.17) is 0 Å². The smallest absolute Gasteiger partial charge is 0.331 e. The molecule has 3 aromatic carbocycles. The molecule has 4 aromatic rings. The molecule has 0 atom stereocenters. The van der Waals surface area contributed by atoms with E-state index in [1.807, 2.05) is 12.1 Å². The van der Waals surface area contributed by atoms with Gasteiger partial charge in [-0.15, -0.1) is 0 Å². The summed E-state index contributed by atoms with van der Waals surface area (Å²) in [6, 6.07) is 16.0. The highest BCUT2D eigenvalue weighted by Crippen LogP contribution is 2.31. The van der Waals surface area contributed by atoms with Crippen molar-refractivity contribution in [2.45, 2.75) is 51.5 Å². The molecule has 12 heteroatoms. The number of nitrogens with zero attached hydrogens (tertiary/aromatic N) is 4. The molecule has 7 nitrogen and oxygen atoms in total. The average molecular weight is 612 g/mol. The van der Waals surface area contributed by atoms with E-state index < -0.39 is 28.9 Å². The minimum atomic E-state index is -4.41. The number of aryl methyl sites for hydroxylation is 3. The van der Waals surface area contributed by atoms with Gasteiger partial charge < -0.3 is 10.2 Å². The van der Waals surface area contributed by atoms with Crippen molar-refractivity contribution >= 4 is 5.91 Å². The normalized spacial score (nSPS) is 13.5. The largest absolute Gasteiger partial charge is 0.416 e. The maximum Gasteiger partial charge on any atom is 0.416 e. The zero-order valence-corrected chi connectivity index (χ0v) is 23.9. The summed E-state index contributed by atoms with van der Waals surface area (Å²) in [4.78, 5) is 32.0. The van der Waals surface area contributed by atoms with Crippen LogP contribution in [-0.4, -0.2) is 44.7 Å². The van der Waals surface area contributed by atoms with Gasteiger partial charge in [0.15, 0.2) is 11.6 Å². The van der Waals surface area contributed by atoms with E-state index in [9.17, 15) is 31.5 Å². The molecule has 44 heavy (non-hydrogen) atoms. The summed E-state index contributed by atoms with van der Waals surface area (Å²) in [5.41, 5.74) is 1.26. The third-order valence-corrected chi connectivity index (χ3v) is 7.66. The van der Waals surface area contributed by atoms with Gasteiger partial charge in [0, 0.05) is 26.1 Å². The Balaban J connectivity index is 1.34. The summed E-state index contributed by atoms with van der Waals surface area (Å²) in [5.74, 6) is -2.01. The van der Waals surface area contributed by atoms with Crippen LogP contribution in [-0.2, 0) is 43.3 Å². The number of alkyl halides is 3. The highest BCUT2D eigenvalue weighted by molar-refractivity contribution is 5.76. The van der Waals surface area contributed by atoms with Crippen LogP contribution in [0.4, 0.5) is 22.0 Å². The molecular formula is C32H30F5N5O2. The first-order valence-corrected chi connectivity index (χ1v) is 14.2. The first-order chi connectivity index (χ1) is 21.0. The zero-order chi connectivity index (χ0) is 31.4. The van der Waals surface area contributed by atoms with Crippen LogP contribution >= 0.6 is 0 Å². The molecule has 1 aliphatic heterocycles. The lowest BCUT2D eigenvalue weighted by Gasteiger charge is -2.38. The van der Waals surface area contributed by atoms with Crippen molar-refractivity contribution in [2.75, 3.05) is 13.1 Å². The van der Waals surface area contributed by atoms with Gasteiger partial charge in [0.05, 0.1) is 11.6 Å². The lowest BCUT2D eigenvalue weighted by Crippen LogP contribution is -2.59. The molecule has 5 rings (SSSR count). The first kappa shape index (κ1) is 31.0. The molecule has 1 amide bonds. The van der Waals surface area contributed by atoms with Crippen LogP contribution in [0.3, 0.4) is 0 Å². The number of amides is 1. The summed E-state index contributed by atoms with van der Waals surface area (Å²) in [6.45, 7) is 3.01. The van der Waals surface area contributed by atoms with Gasteiger partial charge in [0.25, 0.3) is 5.56 Å². The molecule has 0 spiro atoms. The number of carbonyl (C=O) groups excluding carboxylic acids is 1. The summed E-state index contributed by atoms with van der Waals surface area (Å²) in [6.07, 6.45) is -3.98. The maximum atomic E-state index is 14.3. The Morgan fingerprint density at radius 2 is 1.64 bits per heavy atom. The van der Waals surface area contributed by atoms with E-state index in [1.165, 1.54) is 28.9 Å². The Kier molecular flexibility index (Phi) is 9.19. The quantitative estimate of drug-likeness (QED) is 0.257. The standard InChI is InChI=1S/C32H30F5N5O2/c1-2-27-31(44)39-28(15-12-23-4-3-5-26(33)30(23)34)42(40-27)19-29(43)41(25-16-38-17-25)18-20-6-8-21(9-7-20)22-10-13-24(14-11-22)32(35,36)37/h3-11,13-14,25,38H,2,12,15-19H2,1H3. The Labute approximate surface area is 250 Å². The molecule has 0 unspecified atom stereocenters. The van der Waals surface area contributed by atoms with Crippen molar-refractivity contribution in [1.82, 2.24) is 25.0 Å². The van der Waals surface area contributed by atoms with Crippen LogP contribution in [0, 0.1) is 11.6 Å². The summed E-state index contributed by atoms with van der Waals surface area (Å²) < 4.78 is 68.1. The van der Waals surface area contributed by atoms with Crippen molar-refractivity contribution in [3.63, 3.8) is 0 Å². The Morgan fingerprint density at radius 1 is 0.977 bits per heavy atom. The van der Waals surface area contributed by atoms with E-state index in [1.54, 1.807) is 24.0 Å². The van der Waals surface area contributed by atoms with E-state index in [0.29, 0.717) is 25.1 Å². The van der Waals surface area contributed by atoms with Crippen molar-refractivity contribution in [3.05, 3.63) is 117 Å². The second kappa shape index (κ2) is 13.0. The number of benzene rings is 3. The number of hydrogen-bond acceptors (Lipinski definition) is 5. The third-order valence-electron chi connectivity index (χ3n) is 7.66. The Bertz CT molecular complexity index is 1680. The summed E-state index contributed by atoms with van der Waals surface area (Å²) in [5, 5.41) is 7.54. The predicted molar refractivity (Wildman–Crippen MR) is 154 cm³/mol. The van der Waals surface area contributed by atoms with E-state index >= 15 is 0 Å². The number of halogens is 5. The highest BCUT2D eigenvalue weighted by atomic mass is 19.4. The predicted octanol–water partition coefficient (Wildman–Crippen LogP) is 4.95. The van der Waals surface area contributed by atoms with Crippen LogP contribution < -0.4 is 10.9 Å². The lowest BCUT2D eigenvalue weighted by molar-refractivity contribution is -0.138. The number of carbonyl (C=O) groups is 1. The minimum Gasteiger partial charge on any atom is -0.331 e. The molecule has 0 radical (unpaired) electrons. The highest BCUT2D eigenvalue weighted by Gasteiger charge is 2.31. The molecule has 0 aliphatic carbocycles. The number of hydrogen-bond donors (Lipinski definition) is 1. The minimum absolute atomic E-state index is 0.0545. The fourth-order valence-electron chi connectivity index (χ4n) is 4.99. The van der Waals surface area contributed by atoms with E-state index in [-0.39, 0.29) is 55.0 Å². The van der Waals surface area contributed by atoms with Gasteiger partial charge >= 0.3 is 6.18 Å². The van der Waals surface area contributed by atoms with Gasteiger partial charge in [0.2, 0.25) is 5.91 Å². The molecule has 1 N–H and O–H groups in total. The molecule has 1 fully saturated rings. The molecular weight excluding hydrogens is 581 g/mol. The lowest BCUT2D eigenvalue weighted by atomic mass is 10.0. The van der Waals surface area contributed by atoms with Gasteiger partial charge in [0.1, 0.15) is 18.1 Å². The monoisotopic (exact) mass is 611 g/mol. The number of aromatic nitrogens is 3. The summed E-state index contributed by atoms with van der Waals surface area (Å²) >= 11 is 0. The summed E-state index contributed by atoms with van der Waals surface area (Å²) in [7, 11) is 0.